The summed E-state index contributed by atoms with van der Waals surface area (Å²) in [6, 6.07) is 6.56. The minimum atomic E-state index is -4.88. The summed E-state index contributed by atoms with van der Waals surface area (Å²) in [6.07, 6.45) is -2.54. The van der Waals surface area contributed by atoms with Gasteiger partial charge in [0.05, 0.1) is 10.9 Å². The Hall–Kier alpha value is -2.24. The third-order valence-corrected chi connectivity index (χ3v) is 6.92. The lowest BCUT2D eigenvalue weighted by atomic mass is 10.0. The second-order valence-corrected chi connectivity index (χ2v) is 9.34. The Kier molecular flexibility index (Phi) is 5.69. The number of hydrogen-bond acceptors (Lipinski definition) is 4. The van der Waals surface area contributed by atoms with E-state index in [1.165, 1.54) is 6.07 Å². The van der Waals surface area contributed by atoms with Crippen LogP contribution in [0.15, 0.2) is 47.4 Å². The van der Waals surface area contributed by atoms with Crippen molar-refractivity contribution in [1.29, 1.82) is 0 Å². The van der Waals surface area contributed by atoms with Crippen LogP contribution in [0.3, 0.4) is 0 Å². The summed E-state index contributed by atoms with van der Waals surface area (Å²) in [6.45, 7) is 0.583. The van der Waals surface area contributed by atoms with Gasteiger partial charge in [-0.15, -0.1) is 13.2 Å². The van der Waals surface area contributed by atoms with E-state index in [9.17, 15) is 30.4 Å². The van der Waals surface area contributed by atoms with Crippen molar-refractivity contribution in [2.45, 2.75) is 48.6 Å². The van der Waals surface area contributed by atoms with Gasteiger partial charge in [0.15, 0.2) is 11.6 Å². The van der Waals surface area contributed by atoms with Crippen LogP contribution < -0.4 is 9.46 Å². The Labute approximate surface area is 175 Å². The molecule has 1 saturated heterocycles. The van der Waals surface area contributed by atoms with E-state index in [-0.39, 0.29) is 10.9 Å². The maximum Gasteiger partial charge on any atom is 0.573 e. The maximum atomic E-state index is 13.8. The predicted molar refractivity (Wildman–Crippen MR) is 101 cm³/mol. The highest BCUT2D eigenvalue weighted by Crippen LogP contribution is 2.41. The molecule has 2 fully saturated rings. The molecule has 0 radical (unpaired) electrons. The molecule has 0 unspecified atom stereocenters. The fraction of sp³-hybridized carbons (Fsp3) is 0.400. The Balaban J connectivity index is 1.56. The van der Waals surface area contributed by atoms with Crippen LogP contribution in [0.4, 0.5) is 22.0 Å². The Morgan fingerprint density at radius 2 is 1.65 bits per heavy atom. The van der Waals surface area contributed by atoms with Crippen LogP contribution in [0.1, 0.15) is 30.9 Å². The molecule has 1 aliphatic heterocycles. The van der Waals surface area contributed by atoms with E-state index in [1.807, 2.05) is 0 Å². The molecule has 1 aliphatic carbocycles. The second kappa shape index (κ2) is 8.03. The van der Waals surface area contributed by atoms with Gasteiger partial charge in [0.25, 0.3) is 0 Å². The first-order valence-electron chi connectivity index (χ1n) is 9.62. The Morgan fingerprint density at radius 3 is 2.23 bits per heavy atom. The number of benzene rings is 2. The van der Waals surface area contributed by atoms with Gasteiger partial charge in [-0.1, -0.05) is 6.07 Å². The summed E-state index contributed by atoms with van der Waals surface area (Å²) in [5.41, 5.74) is 0.463. The predicted octanol–water partition coefficient (Wildman–Crippen LogP) is 4.12. The highest BCUT2D eigenvalue weighted by Gasteiger charge is 2.44. The lowest BCUT2D eigenvalue weighted by Gasteiger charge is -2.29. The van der Waals surface area contributed by atoms with E-state index in [0.717, 1.165) is 49.2 Å². The molecule has 31 heavy (non-hydrogen) atoms. The average molecular weight is 462 g/mol. The van der Waals surface area contributed by atoms with Crippen molar-refractivity contribution in [3.8, 4) is 5.75 Å². The van der Waals surface area contributed by atoms with Crippen LogP contribution in [0.25, 0.3) is 0 Å². The van der Waals surface area contributed by atoms with Gasteiger partial charge in [-0.05, 0) is 61.2 Å². The smallest absolute Gasteiger partial charge is 0.406 e. The van der Waals surface area contributed by atoms with E-state index in [0.29, 0.717) is 18.5 Å². The Bertz CT molecular complexity index is 1060. The fourth-order valence-corrected chi connectivity index (χ4v) is 5.24. The van der Waals surface area contributed by atoms with Crippen molar-refractivity contribution in [2.75, 3.05) is 6.54 Å². The van der Waals surface area contributed by atoms with E-state index in [1.54, 1.807) is 0 Å². The normalized spacial score (nSPS) is 22.6. The molecule has 11 heteroatoms. The van der Waals surface area contributed by atoms with Crippen LogP contribution in [0.5, 0.6) is 5.75 Å². The van der Waals surface area contributed by atoms with Crippen molar-refractivity contribution in [2.24, 2.45) is 0 Å². The minimum absolute atomic E-state index is 0.226. The zero-order valence-electron chi connectivity index (χ0n) is 16.1. The van der Waals surface area contributed by atoms with E-state index in [2.05, 4.69) is 14.4 Å². The van der Waals surface area contributed by atoms with Gasteiger partial charge >= 0.3 is 6.36 Å². The van der Waals surface area contributed by atoms with E-state index >= 15 is 0 Å². The summed E-state index contributed by atoms with van der Waals surface area (Å²) < 4.78 is 96.2. The van der Waals surface area contributed by atoms with Gasteiger partial charge in [-0.25, -0.2) is 21.9 Å². The third-order valence-electron chi connectivity index (χ3n) is 5.41. The molecule has 0 spiro atoms. The molecule has 5 nitrogen and oxygen atoms in total. The standard InChI is InChI=1S/C20H19F5N2O3S/c21-16-8-1-12(11-17(16)22)19-18(9-10-27(19)13-2-3-13)26-31(28,29)15-6-4-14(5-7-15)30-20(23,24)25/h1,4-8,11,13,18-19,26H,2-3,9-10H2/t18-,19+/m1/s1. The van der Waals surface area contributed by atoms with Crippen LogP contribution >= 0.6 is 0 Å². The summed E-state index contributed by atoms with van der Waals surface area (Å²) in [4.78, 5) is 1.86. The fourth-order valence-electron chi connectivity index (χ4n) is 3.96. The number of rotatable bonds is 6. The maximum absolute atomic E-state index is 13.8. The van der Waals surface area contributed by atoms with Crippen LogP contribution in [0.2, 0.25) is 0 Å². The van der Waals surface area contributed by atoms with Crippen molar-refractivity contribution < 1.29 is 35.1 Å². The number of likely N-dealkylation sites (tertiary alicyclic amines) is 1. The number of nitrogens with one attached hydrogen (secondary N) is 1. The minimum Gasteiger partial charge on any atom is -0.406 e. The molecular weight excluding hydrogens is 443 g/mol. The zero-order valence-corrected chi connectivity index (χ0v) is 16.9. The second-order valence-electron chi connectivity index (χ2n) is 7.62. The molecule has 1 heterocycles. The molecule has 0 bridgehead atoms. The van der Waals surface area contributed by atoms with Crippen LogP contribution in [-0.4, -0.2) is 38.3 Å². The van der Waals surface area contributed by atoms with Crippen molar-refractivity contribution >= 4 is 10.0 Å². The highest BCUT2D eigenvalue weighted by molar-refractivity contribution is 7.89. The number of ether oxygens (including phenoxy) is 1. The number of hydrogen-bond donors (Lipinski definition) is 1. The number of halogens is 5. The van der Waals surface area contributed by atoms with E-state index in [4.69, 9.17) is 0 Å². The molecule has 168 valence electrons. The van der Waals surface area contributed by atoms with Gasteiger partial charge < -0.3 is 4.74 Å². The van der Waals surface area contributed by atoms with Crippen LogP contribution in [0, 0.1) is 11.6 Å². The average Bonchev–Trinajstić information content (AvgIpc) is 3.44. The van der Waals surface area contributed by atoms with Gasteiger partial charge in [-0.2, -0.15) is 0 Å². The van der Waals surface area contributed by atoms with Crippen LogP contribution in [-0.2, 0) is 10.0 Å². The SMILES string of the molecule is O=S(=O)(N[C@@H]1CCN(C2CC2)[C@H]1c1ccc(F)c(F)c1)c1ccc(OC(F)(F)F)cc1. The molecule has 2 aromatic rings. The zero-order chi connectivity index (χ0) is 22.4. The first-order valence-corrected chi connectivity index (χ1v) is 11.1. The molecular formula is C20H19F5N2O3S. The molecule has 1 N–H and O–H groups in total. The monoisotopic (exact) mass is 462 g/mol. The number of nitrogens with zero attached hydrogens (tertiary/aromatic N) is 1. The Morgan fingerprint density at radius 1 is 0.968 bits per heavy atom. The van der Waals surface area contributed by atoms with Gasteiger partial charge in [-0.3, -0.25) is 4.90 Å². The summed E-state index contributed by atoms with van der Waals surface area (Å²) >= 11 is 0. The lowest BCUT2D eigenvalue weighted by Crippen LogP contribution is -2.40. The summed E-state index contributed by atoms with van der Waals surface area (Å²) in [5, 5.41) is 0. The molecule has 2 aliphatic rings. The highest BCUT2D eigenvalue weighted by atomic mass is 32.2. The molecule has 2 aromatic carbocycles. The summed E-state index contributed by atoms with van der Waals surface area (Å²) in [5.74, 6) is -2.54. The topological polar surface area (TPSA) is 58.6 Å². The molecule has 2 atom stereocenters. The first-order chi connectivity index (χ1) is 14.5. The van der Waals surface area contributed by atoms with Crippen molar-refractivity contribution in [3.63, 3.8) is 0 Å². The molecule has 1 saturated carbocycles. The van der Waals surface area contributed by atoms with Gasteiger partial charge in [0, 0.05) is 18.6 Å². The molecule has 0 aromatic heterocycles. The quantitative estimate of drug-likeness (QED) is 0.657. The van der Waals surface area contributed by atoms with Gasteiger partial charge in [0.1, 0.15) is 5.75 Å². The van der Waals surface area contributed by atoms with E-state index < -0.39 is 45.9 Å². The number of alkyl halides is 3. The molecule has 4 rings (SSSR count). The van der Waals surface area contributed by atoms with Gasteiger partial charge in [0.2, 0.25) is 10.0 Å². The molecule has 0 amide bonds. The largest absolute Gasteiger partial charge is 0.573 e. The first kappa shape index (κ1) is 22.0. The number of sulfonamides is 1. The van der Waals surface area contributed by atoms with Crippen molar-refractivity contribution in [3.05, 3.63) is 59.7 Å². The van der Waals surface area contributed by atoms with Crippen molar-refractivity contribution in [1.82, 2.24) is 9.62 Å². The third kappa shape index (κ3) is 4.99. The lowest BCUT2D eigenvalue weighted by molar-refractivity contribution is -0.274. The summed E-state index contributed by atoms with van der Waals surface area (Å²) in [7, 11) is -4.07.